The van der Waals surface area contributed by atoms with Crippen molar-refractivity contribution in [3.8, 4) is 0 Å². The molecule has 0 radical (unpaired) electrons. The van der Waals surface area contributed by atoms with Crippen molar-refractivity contribution < 1.29 is 9.59 Å². The van der Waals surface area contributed by atoms with Gasteiger partial charge in [0.15, 0.2) is 0 Å². The van der Waals surface area contributed by atoms with Crippen molar-refractivity contribution in [3.63, 3.8) is 0 Å². The van der Waals surface area contributed by atoms with Gasteiger partial charge in [0.1, 0.15) is 0 Å². The Morgan fingerprint density at radius 3 is 2.59 bits per heavy atom. The van der Waals surface area contributed by atoms with Gasteiger partial charge in [-0.15, -0.1) is 12.4 Å². The summed E-state index contributed by atoms with van der Waals surface area (Å²) >= 11 is 5.77. The molecule has 1 heterocycles. The van der Waals surface area contributed by atoms with Crippen molar-refractivity contribution >= 4 is 41.5 Å². The van der Waals surface area contributed by atoms with Crippen LogP contribution < -0.4 is 16.0 Å². The fourth-order valence-electron chi connectivity index (χ4n) is 2.30. The molecule has 0 aliphatic carbocycles. The molecule has 1 fully saturated rings. The van der Waals surface area contributed by atoms with Crippen LogP contribution in [-0.2, 0) is 9.59 Å². The van der Waals surface area contributed by atoms with Crippen molar-refractivity contribution in [1.29, 1.82) is 0 Å². The van der Waals surface area contributed by atoms with E-state index >= 15 is 0 Å². The summed E-state index contributed by atoms with van der Waals surface area (Å²) in [7, 11) is 0. The van der Waals surface area contributed by atoms with Crippen LogP contribution in [-0.4, -0.2) is 31.4 Å². The van der Waals surface area contributed by atoms with E-state index in [1.165, 1.54) is 0 Å². The molecule has 0 spiro atoms. The largest absolute Gasteiger partial charge is 0.347 e. The Labute approximate surface area is 141 Å². The van der Waals surface area contributed by atoms with Crippen LogP contribution in [0.4, 0.5) is 5.69 Å². The number of anilines is 1. The third kappa shape index (κ3) is 6.64. The number of carbonyl (C=O) groups is 2. The second-order valence-corrected chi connectivity index (χ2v) is 5.67. The van der Waals surface area contributed by atoms with Gasteiger partial charge in [0, 0.05) is 17.1 Å². The summed E-state index contributed by atoms with van der Waals surface area (Å²) in [5.41, 5.74) is 0.663. The quantitative estimate of drug-likeness (QED) is 0.740. The molecule has 2 amide bonds. The molecular formula is C15H21Cl2N3O2. The number of halogens is 2. The molecule has 3 N–H and O–H groups in total. The summed E-state index contributed by atoms with van der Waals surface area (Å²) in [4.78, 5) is 23.4. The minimum absolute atomic E-state index is 0. The molecule has 5 nitrogen and oxygen atoms in total. The molecule has 122 valence electrons. The summed E-state index contributed by atoms with van der Waals surface area (Å²) < 4.78 is 0. The molecule has 7 heteroatoms. The van der Waals surface area contributed by atoms with Crippen LogP contribution in [0.25, 0.3) is 0 Å². The van der Waals surface area contributed by atoms with E-state index in [0.717, 1.165) is 25.9 Å². The van der Waals surface area contributed by atoms with Gasteiger partial charge >= 0.3 is 0 Å². The minimum atomic E-state index is -0.242. The van der Waals surface area contributed by atoms with Gasteiger partial charge in [-0.25, -0.2) is 0 Å². The van der Waals surface area contributed by atoms with Gasteiger partial charge in [-0.05, 0) is 56.1 Å². The van der Waals surface area contributed by atoms with Crippen LogP contribution in [0.1, 0.15) is 19.3 Å². The van der Waals surface area contributed by atoms with Gasteiger partial charge in [-0.2, -0.15) is 0 Å². The van der Waals surface area contributed by atoms with Gasteiger partial charge in [0.05, 0.1) is 6.54 Å². The first kappa shape index (κ1) is 18.7. The maximum absolute atomic E-state index is 11.7. The molecule has 0 bridgehead atoms. The number of amides is 2. The van der Waals surface area contributed by atoms with Crippen LogP contribution in [0.5, 0.6) is 0 Å². The number of carbonyl (C=O) groups excluding carboxylic acids is 2. The normalized spacial score (nSPS) is 16.7. The van der Waals surface area contributed by atoms with Crippen LogP contribution >= 0.6 is 24.0 Å². The molecule has 1 aromatic carbocycles. The zero-order valence-electron chi connectivity index (χ0n) is 12.2. The predicted molar refractivity (Wildman–Crippen MR) is 90.6 cm³/mol. The monoisotopic (exact) mass is 345 g/mol. The Bertz CT molecular complexity index is 488. The first-order valence-electron chi connectivity index (χ1n) is 7.16. The Morgan fingerprint density at radius 1 is 1.23 bits per heavy atom. The van der Waals surface area contributed by atoms with Gasteiger partial charge < -0.3 is 16.0 Å². The summed E-state index contributed by atoms with van der Waals surface area (Å²) in [6.45, 7) is 2.02. The van der Waals surface area contributed by atoms with Crippen LogP contribution in [0.3, 0.4) is 0 Å². The van der Waals surface area contributed by atoms with E-state index in [9.17, 15) is 9.59 Å². The molecule has 1 aliphatic heterocycles. The van der Waals surface area contributed by atoms with E-state index < -0.39 is 0 Å². The van der Waals surface area contributed by atoms with E-state index in [0.29, 0.717) is 23.0 Å². The van der Waals surface area contributed by atoms with E-state index in [-0.39, 0.29) is 30.8 Å². The molecule has 1 atom stereocenters. The van der Waals surface area contributed by atoms with Crippen LogP contribution in [0.15, 0.2) is 24.3 Å². The highest BCUT2D eigenvalue weighted by molar-refractivity contribution is 6.30. The lowest BCUT2D eigenvalue weighted by molar-refractivity contribution is -0.124. The second kappa shape index (κ2) is 9.66. The number of benzene rings is 1. The molecule has 2 rings (SSSR count). The lowest BCUT2D eigenvalue weighted by Crippen LogP contribution is -2.33. The first-order chi connectivity index (χ1) is 10.1. The summed E-state index contributed by atoms with van der Waals surface area (Å²) in [6.07, 6.45) is 2.47. The molecule has 1 saturated heterocycles. The standard InChI is InChI=1S/C15H20ClN3O2.ClH/c16-12-2-4-13(5-3-12)19-15(21)10-18-14(20)6-1-11-7-8-17-9-11;/h2-5,11,17H,1,6-10H2,(H,18,20)(H,19,21);1H. The van der Waals surface area contributed by atoms with E-state index in [4.69, 9.17) is 11.6 Å². The van der Waals surface area contributed by atoms with Crippen molar-refractivity contribution in [2.24, 2.45) is 5.92 Å². The zero-order chi connectivity index (χ0) is 15.1. The fourth-order valence-corrected chi connectivity index (χ4v) is 2.43. The second-order valence-electron chi connectivity index (χ2n) is 5.23. The molecule has 0 aromatic heterocycles. The molecule has 0 saturated carbocycles. The topological polar surface area (TPSA) is 70.2 Å². The SMILES string of the molecule is Cl.O=C(CCC1CCNC1)NCC(=O)Nc1ccc(Cl)cc1. The Morgan fingerprint density at radius 2 is 1.95 bits per heavy atom. The molecule has 22 heavy (non-hydrogen) atoms. The highest BCUT2D eigenvalue weighted by Gasteiger charge is 2.15. The maximum atomic E-state index is 11.7. The average Bonchev–Trinajstić information content (AvgIpc) is 2.99. The Hall–Kier alpha value is -1.30. The number of hydrogen-bond donors (Lipinski definition) is 3. The van der Waals surface area contributed by atoms with E-state index in [1.54, 1.807) is 24.3 Å². The number of rotatable bonds is 6. The molecule has 1 aliphatic rings. The lowest BCUT2D eigenvalue weighted by Gasteiger charge is -2.09. The molecule has 1 unspecified atom stereocenters. The average molecular weight is 346 g/mol. The molecular weight excluding hydrogens is 325 g/mol. The van der Waals surface area contributed by atoms with Gasteiger partial charge in [0.25, 0.3) is 0 Å². The number of nitrogens with one attached hydrogen (secondary N) is 3. The fraction of sp³-hybridized carbons (Fsp3) is 0.467. The van der Waals surface area contributed by atoms with Crippen molar-refractivity contribution in [2.75, 3.05) is 25.0 Å². The third-order valence-corrected chi connectivity index (χ3v) is 3.77. The van der Waals surface area contributed by atoms with Crippen molar-refractivity contribution in [2.45, 2.75) is 19.3 Å². The zero-order valence-corrected chi connectivity index (χ0v) is 13.8. The van der Waals surface area contributed by atoms with Gasteiger partial charge in [-0.3, -0.25) is 9.59 Å². The van der Waals surface area contributed by atoms with E-state index in [1.807, 2.05) is 0 Å². The Kier molecular flexibility index (Phi) is 8.24. The van der Waals surface area contributed by atoms with Crippen LogP contribution in [0.2, 0.25) is 5.02 Å². The smallest absolute Gasteiger partial charge is 0.243 e. The van der Waals surface area contributed by atoms with Crippen molar-refractivity contribution in [1.82, 2.24) is 10.6 Å². The van der Waals surface area contributed by atoms with E-state index in [2.05, 4.69) is 16.0 Å². The van der Waals surface area contributed by atoms with Crippen LogP contribution in [0, 0.1) is 5.92 Å². The maximum Gasteiger partial charge on any atom is 0.243 e. The predicted octanol–water partition coefficient (Wildman–Crippen LogP) is 2.21. The highest BCUT2D eigenvalue weighted by Crippen LogP contribution is 2.14. The Balaban J connectivity index is 0.00000242. The van der Waals surface area contributed by atoms with Gasteiger partial charge in [-0.1, -0.05) is 11.6 Å². The van der Waals surface area contributed by atoms with Gasteiger partial charge in [0.2, 0.25) is 11.8 Å². The first-order valence-corrected chi connectivity index (χ1v) is 7.54. The van der Waals surface area contributed by atoms with Crippen molar-refractivity contribution in [3.05, 3.63) is 29.3 Å². The number of hydrogen-bond acceptors (Lipinski definition) is 3. The highest BCUT2D eigenvalue weighted by atomic mass is 35.5. The lowest BCUT2D eigenvalue weighted by atomic mass is 10.0. The minimum Gasteiger partial charge on any atom is -0.347 e. The summed E-state index contributed by atoms with van der Waals surface area (Å²) in [5, 5.41) is 9.23. The third-order valence-electron chi connectivity index (χ3n) is 3.52. The summed E-state index contributed by atoms with van der Waals surface area (Å²) in [6, 6.07) is 6.83. The molecule has 1 aromatic rings. The summed E-state index contributed by atoms with van der Waals surface area (Å²) in [5.74, 6) is 0.264.